The van der Waals surface area contributed by atoms with Crippen molar-refractivity contribution in [1.29, 1.82) is 0 Å². The Morgan fingerprint density at radius 1 is 0.697 bits per heavy atom. The average molecular weight is 439 g/mol. The molecule has 1 saturated carbocycles. The molecular weight excluding hydrogens is 400 g/mol. The van der Waals surface area contributed by atoms with Crippen LogP contribution >= 0.6 is 0 Å². The van der Waals surface area contributed by atoms with Crippen LogP contribution in [0, 0.1) is 5.92 Å². The third-order valence-electron chi connectivity index (χ3n) is 6.92. The van der Waals surface area contributed by atoms with Crippen LogP contribution in [0.25, 0.3) is 22.3 Å². The molecule has 3 aromatic carbocycles. The van der Waals surface area contributed by atoms with Gasteiger partial charge >= 0.3 is 0 Å². The van der Waals surface area contributed by atoms with Gasteiger partial charge in [-0.3, -0.25) is 0 Å². The first-order valence-electron chi connectivity index (χ1n) is 12.8. The SMILES string of the molecule is CC/C=C/[C@H]1CC[C@H](c2ccc(-c3ccc(-c4ccc(COCCC)cc4)cc3)cc2)CC1. The van der Waals surface area contributed by atoms with Gasteiger partial charge in [-0.05, 0) is 83.7 Å². The van der Waals surface area contributed by atoms with Gasteiger partial charge in [0.1, 0.15) is 0 Å². The van der Waals surface area contributed by atoms with Gasteiger partial charge in [-0.1, -0.05) is 98.8 Å². The van der Waals surface area contributed by atoms with Crippen LogP contribution < -0.4 is 0 Å². The molecule has 172 valence electrons. The molecule has 1 heteroatoms. The van der Waals surface area contributed by atoms with Gasteiger partial charge in [0.2, 0.25) is 0 Å². The van der Waals surface area contributed by atoms with Gasteiger partial charge in [0, 0.05) is 6.61 Å². The smallest absolute Gasteiger partial charge is 0.0716 e. The van der Waals surface area contributed by atoms with E-state index in [0.717, 1.165) is 31.3 Å². The molecule has 0 saturated heterocycles. The van der Waals surface area contributed by atoms with Crippen molar-refractivity contribution in [3.05, 3.63) is 96.1 Å². The fraction of sp³-hybridized carbons (Fsp3) is 0.375. The van der Waals surface area contributed by atoms with Crippen LogP contribution in [-0.4, -0.2) is 6.61 Å². The van der Waals surface area contributed by atoms with E-state index in [9.17, 15) is 0 Å². The lowest BCUT2D eigenvalue weighted by Crippen LogP contribution is -2.11. The highest BCUT2D eigenvalue weighted by molar-refractivity contribution is 5.70. The summed E-state index contributed by atoms with van der Waals surface area (Å²) < 4.78 is 5.64. The normalized spacial score (nSPS) is 18.6. The highest BCUT2D eigenvalue weighted by Crippen LogP contribution is 2.37. The molecule has 33 heavy (non-hydrogen) atoms. The van der Waals surface area contributed by atoms with E-state index in [0.29, 0.717) is 6.61 Å². The molecule has 0 unspecified atom stereocenters. The third-order valence-corrected chi connectivity index (χ3v) is 6.92. The second-order valence-corrected chi connectivity index (χ2v) is 9.40. The molecule has 1 nitrogen and oxygen atoms in total. The van der Waals surface area contributed by atoms with E-state index in [-0.39, 0.29) is 0 Å². The molecule has 0 heterocycles. The Morgan fingerprint density at radius 2 is 1.21 bits per heavy atom. The molecule has 1 aliphatic rings. The van der Waals surface area contributed by atoms with Crippen molar-refractivity contribution in [2.24, 2.45) is 5.92 Å². The molecule has 3 aromatic rings. The number of ether oxygens (including phenoxy) is 1. The zero-order valence-electron chi connectivity index (χ0n) is 20.3. The Balaban J connectivity index is 1.36. The molecular formula is C32H38O. The molecule has 1 aliphatic carbocycles. The van der Waals surface area contributed by atoms with Gasteiger partial charge in [-0.2, -0.15) is 0 Å². The fourth-order valence-electron chi connectivity index (χ4n) is 4.90. The topological polar surface area (TPSA) is 9.23 Å². The van der Waals surface area contributed by atoms with Gasteiger partial charge in [-0.25, -0.2) is 0 Å². The minimum absolute atomic E-state index is 0.695. The summed E-state index contributed by atoms with van der Waals surface area (Å²) in [6, 6.07) is 27.0. The van der Waals surface area contributed by atoms with E-state index in [1.807, 2.05) is 0 Å². The summed E-state index contributed by atoms with van der Waals surface area (Å²) in [5.41, 5.74) is 7.83. The van der Waals surface area contributed by atoms with E-state index in [1.54, 1.807) is 0 Å². The maximum Gasteiger partial charge on any atom is 0.0716 e. The molecule has 0 radical (unpaired) electrons. The molecule has 4 rings (SSSR count). The van der Waals surface area contributed by atoms with Crippen molar-refractivity contribution in [2.45, 2.75) is 64.9 Å². The molecule has 0 amide bonds. The van der Waals surface area contributed by atoms with Crippen molar-refractivity contribution in [1.82, 2.24) is 0 Å². The molecule has 0 aromatic heterocycles. The van der Waals surface area contributed by atoms with Crippen molar-refractivity contribution in [3.8, 4) is 22.3 Å². The molecule has 0 N–H and O–H groups in total. The van der Waals surface area contributed by atoms with E-state index in [1.165, 1.54) is 59.1 Å². The monoisotopic (exact) mass is 438 g/mol. The minimum atomic E-state index is 0.695. The minimum Gasteiger partial charge on any atom is -0.377 e. The molecule has 0 atom stereocenters. The molecule has 0 spiro atoms. The number of allylic oxidation sites excluding steroid dienone is 2. The van der Waals surface area contributed by atoms with Crippen molar-refractivity contribution in [2.75, 3.05) is 6.61 Å². The maximum absolute atomic E-state index is 5.64. The van der Waals surface area contributed by atoms with Gasteiger partial charge in [0.05, 0.1) is 6.61 Å². The summed E-state index contributed by atoms with van der Waals surface area (Å²) in [6.45, 7) is 5.88. The van der Waals surface area contributed by atoms with E-state index < -0.39 is 0 Å². The standard InChI is InChI=1S/C32H38O/c1-3-5-6-25-7-11-27(12-8-25)29-15-19-31(20-16-29)32-21-17-30(18-22-32)28-13-9-26(10-14-28)24-33-23-4-2/h5-6,9-10,13-22,25,27H,3-4,7-8,11-12,23-24H2,1-2H3/b6-5+/t25-,27-. The van der Waals surface area contributed by atoms with Gasteiger partial charge in [-0.15, -0.1) is 0 Å². The first-order chi connectivity index (χ1) is 16.3. The van der Waals surface area contributed by atoms with Crippen LogP contribution in [0.2, 0.25) is 0 Å². The predicted octanol–water partition coefficient (Wildman–Crippen LogP) is 9.19. The zero-order chi connectivity index (χ0) is 22.9. The summed E-state index contributed by atoms with van der Waals surface area (Å²) in [7, 11) is 0. The van der Waals surface area contributed by atoms with Gasteiger partial charge in [0.15, 0.2) is 0 Å². The van der Waals surface area contributed by atoms with Crippen LogP contribution in [0.15, 0.2) is 84.9 Å². The van der Waals surface area contributed by atoms with Crippen LogP contribution in [0.5, 0.6) is 0 Å². The number of rotatable bonds is 9. The summed E-state index contributed by atoms with van der Waals surface area (Å²) in [4.78, 5) is 0. The first kappa shape index (κ1) is 23.5. The van der Waals surface area contributed by atoms with Crippen LogP contribution in [0.3, 0.4) is 0 Å². The summed E-state index contributed by atoms with van der Waals surface area (Å²) >= 11 is 0. The highest BCUT2D eigenvalue weighted by atomic mass is 16.5. The van der Waals surface area contributed by atoms with Crippen molar-refractivity contribution < 1.29 is 4.74 Å². The van der Waals surface area contributed by atoms with Gasteiger partial charge < -0.3 is 4.74 Å². The van der Waals surface area contributed by atoms with Crippen LogP contribution in [-0.2, 0) is 11.3 Å². The Hall–Kier alpha value is -2.64. The number of benzene rings is 3. The second-order valence-electron chi connectivity index (χ2n) is 9.40. The largest absolute Gasteiger partial charge is 0.377 e. The lowest BCUT2D eigenvalue weighted by atomic mass is 9.78. The Bertz CT molecular complexity index is 988. The maximum atomic E-state index is 5.64. The fourth-order valence-corrected chi connectivity index (χ4v) is 4.90. The van der Waals surface area contributed by atoms with E-state index in [2.05, 4.69) is 98.8 Å². The lowest BCUT2D eigenvalue weighted by Gasteiger charge is -2.27. The quantitative estimate of drug-likeness (QED) is 0.239. The Morgan fingerprint density at radius 3 is 1.73 bits per heavy atom. The van der Waals surface area contributed by atoms with Crippen LogP contribution in [0.4, 0.5) is 0 Å². The first-order valence-corrected chi connectivity index (χ1v) is 12.8. The highest BCUT2D eigenvalue weighted by Gasteiger charge is 2.20. The zero-order valence-corrected chi connectivity index (χ0v) is 20.3. The summed E-state index contributed by atoms with van der Waals surface area (Å²) in [5.74, 6) is 1.52. The summed E-state index contributed by atoms with van der Waals surface area (Å²) in [6.07, 6.45) is 12.3. The molecule has 0 aliphatic heterocycles. The van der Waals surface area contributed by atoms with Crippen molar-refractivity contribution >= 4 is 0 Å². The number of hydrogen-bond acceptors (Lipinski definition) is 1. The summed E-state index contributed by atoms with van der Waals surface area (Å²) in [5, 5.41) is 0. The predicted molar refractivity (Wildman–Crippen MR) is 141 cm³/mol. The van der Waals surface area contributed by atoms with E-state index in [4.69, 9.17) is 4.74 Å². The second kappa shape index (κ2) is 12.0. The Labute approximate surface area is 200 Å². The molecule has 0 bridgehead atoms. The van der Waals surface area contributed by atoms with E-state index >= 15 is 0 Å². The third kappa shape index (κ3) is 6.45. The average Bonchev–Trinajstić information content (AvgIpc) is 2.89. The van der Waals surface area contributed by atoms with Crippen LogP contribution in [0.1, 0.15) is 69.4 Å². The van der Waals surface area contributed by atoms with Crippen molar-refractivity contribution in [3.63, 3.8) is 0 Å². The lowest BCUT2D eigenvalue weighted by molar-refractivity contribution is 0.121. The van der Waals surface area contributed by atoms with Gasteiger partial charge in [0.25, 0.3) is 0 Å². The molecule has 1 fully saturated rings. The Kier molecular flexibility index (Phi) is 8.55. The number of hydrogen-bond donors (Lipinski definition) is 0.